The van der Waals surface area contributed by atoms with Crippen LogP contribution in [-0.2, 0) is 27.5 Å². The molecule has 2 unspecified atom stereocenters. The van der Waals surface area contributed by atoms with Gasteiger partial charge in [-0.1, -0.05) is 108 Å². The van der Waals surface area contributed by atoms with Gasteiger partial charge < -0.3 is 60.3 Å². The number of amides is 6. The molecule has 0 aliphatic carbocycles. The van der Waals surface area contributed by atoms with Crippen LogP contribution >= 0.6 is 0 Å². The Morgan fingerprint density at radius 2 is 0.683 bits per heavy atom. The van der Waals surface area contributed by atoms with Gasteiger partial charge in [0.15, 0.2) is 17.1 Å². The maximum absolute atomic E-state index is 13.3. The average molecular weight is 1400 g/mol. The molecule has 558 valence electrons. The molecule has 6 amide bonds. The molecule has 3 aromatic carbocycles. The van der Waals surface area contributed by atoms with E-state index < -0.39 is 0 Å². The fourth-order valence-corrected chi connectivity index (χ4v) is 11.6. The Morgan fingerprint density at radius 1 is 0.396 bits per heavy atom. The summed E-state index contributed by atoms with van der Waals surface area (Å²) in [6.45, 7) is 35.8. The number of rotatable bonds is 37. The molecule has 6 aromatic rings. The highest BCUT2D eigenvalue weighted by Gasteiger charge is 2.30. The molecule has 0 saturated carbocycles. The average Bonchev–Trinajstić information content (AvgIpc) is 1.67. The van der Waals surface area contributed by atoms with Crippen LogP contribution < -0.4 is 60.3 Å². The van der Waals surface area contributed by atoms with Crippen molar-refractivity contribution in [1.82, 2.24) is 61.2 Å². The van der Waals surface area contributed by atoms with Gasteiger partial charge in [0.2, 0.25) is 17.7 Å². The first-order valence-electron chi connectivity index (χ1n) is 35.7. The fraction of sp³-hybridized carbons (Fsp3) is 0.571. The van der Waals surface area contributed by atoms with Crippen molar-refractivity contribution in [1.29, 1.82) is 0 Å². The number of nitrogens with one attached hydrogen (secondary N) is 6. The van der Waals surface area contributed by atoms with Gasteiger partial charge in [0.05, 0.1) is 82.5 Å². The summed E-state index contributed by atoms with van der Waals surface area (Å²) in [6.07, 6.45) is 3.77. The fourth-order valence-electron chi connectivity index (χ4n) is 11.6. The standard InChI is InChI=1S/2C26H40N4O4.C25H38N4O4/c1-9-27-24(31)14-19(13-16(2)3)28-26(32)20-15-21(30(29-20)18(6)17(4)5)25-22(33-7)11-10-12-23(25)34-8;1-8-18(5)16-30-21(25-22(33-6)11-10-12-23(25)34-7)15-20(29-30)26(32)28-19(13-17(3)4)14-24(31)27-9-2;1-8-26-23(30)13-18(12-16(2)3)27-25(31)19-14-20(29(28-19)15-17(4)5)24-21(32-6)10-9-11-22(24)33-7/h10-12,15-19H,9,13-14H2,1-8H3,(H,27,31)(H,28,32);10-12,15,17-19H,8-9,13-14,16H2,1-7H3,(H,27,31)(H,28,32);9-11,14,16-18H,8,12-13,15H2,1-7H3,(H,26,30)(H,27,31)/t2*18?,19-;18-/m000/s1. The van der Waals surface area contributed by atoms with Crippen LogP contribution in [0.3, 0.4) is 0 Å². The van der Waals surface area contributed by atoms with Crippen molar-refractivity contribution in [2.24, 2.45) is 35.5 Å². The molecular weight excluding hydrogens is 1280 g/mol. The number of nitrogens with zero attached hydrogens (tertiary/aromatic N) is 6. The first-order chi connectivity index (χ1) is 48.0. The number of carbonyl (C=O) groups excluding carboxylic acids is 6. The molecule has 0 fully saturated rings. The molecule has 3 aromatic heterocycles. The monoisotopic (exact) mass is 1400 g/mol. The molecule has 0 spiro atoms. The molecule has 0 bridgehead atoms. The topological polar surface area (TPSA) is 283 Å². The Kier molecular flexibility index (Phi) is 35.3. The van der Waals surface area contributed by atoms with E-state index in [4.69, 9.17) is 33.5 Å². The number of carbonyl (C=O) groups is 6. The normalized spacial score (nSPS) is 12.6. The Bertz CT molecular complexity index is 3520. The van der Waals surface area contributed by atoms with E-state index in [-0.39, 0.29) is 84.8 Å². The van der Waals surface area contributed by atoms with Crippen LogP contribution in [0.25, 0.3) is 33.8 Å². The predicted molar refractivity (Wildman–Crippen MR) is 398 cm³/mol. The van der Waals surface area contributed by atoms with Crippen molar-refractivity contribution >= 4 is 35.4 Å². The van der Waals surface area contributed by atoms with Gasteiger partial charge in [-0.3, -0.25) is 42.8 Å². The van der Waals surface area contributed by atoms with Crippen LogP contribution in [0.5, 0.6) is 34.5 Å². The highest BCUT2D eigenvalue weighted by Crippen LogP contribution is 2.42. The first-order valence-corrected chi connectivity index (χ1v) is 35.7. The zero-order valence-electron chi connectivity index (χ0n) is 64.3. The number of benzene rings is 3. The van der Waals surface area contributed by atoms with E-state index in [2.05, 4.69) is 132 Å². The van der Waals surface area contributed by atoms with Gasteiger partial charge in [0.25, 0.3) is 17.7 Å². The van der Waals surface area contributed by atoms with Crippen LogP contribution in [0.1, 0.15) is 193 Å². The number of ether oxygens (including phenoxy) is 6. The molecule has 0 aliphatic rings. The maximum Gasteiger partial charge on any atom is 0.272 e. The predicted octanol–water partition coefficient (Wildman–Crippen LogP) is 12.6. The third kappa shape index (κ3) is 25.5. The number of hydrogen-bond donors (Lipinski definition) is 6. The number of hydrogen-bond acceptors (Lipinski definition) is 15. The second-order valence-electron chi connectivity index (χ2n) is 27.4. The Labute approximate surface area is 600 Å². The summed E-state index contributed by atoms with van der Waals surface area (Å²) in [7, 11) is 9.64. The summed E-state index contributed by atoms with van der Waals surface area (Å²) in [6, 6.07) is 21.2. The lowest BCUT2D eigenvalue weighted by Gasteiger charge is -2.21. The van der Waals surface area contributed by atoms with E-state index in [1.165, 1.54) is 0 Å². The van der Waals surface area contributed by atoms with E-state index in [1.807, 2.05) is 89.4 Å². The Morgan fingerprint density at radius 3 is 0.950 bits per heavy atom. The van der Waals surface area contributed by atoms with E-state index >= 15 is 0 Å². The van der Waals surface area contributed by atoms with Gasteiger partial charge in [0.1, 0.15) is 34.5 Å². The molecule has 0 saturated heterocycles. The lowest BCUT2D eigenvalue weighted by molar-refractivity contribution is -0.122. The SMILES string of the molecule is CCNC(=O)C[C@H](CC(C)C)NC(=O)c1cc(-c2c(OC)cccc2OC)n(C(C)C(C)C)n1.CCNC(=O)C[C@H](CC(C)C)NC(=O)c1cc(-c2c(OC)cccc2OC)n(CC(C)C)n1.CCNC(=O)C[C@H](CC(C)C)NC(=O)c1cc(-c2c(OC)cccc2OC)n(CC(C)CC)n1. The minimum atomic E-state index is -0.306. The number of aromatic nitrogens is 6. The van der Waals surface area contributed by atoms with E-state index in [1.54, 1.807) is 60.9 Å². The first kappa shape index (κ1) is 84.3. The highest BCUT2D eigenvalue weighted by atomic mass is 16.5. The third-order valence-electron chi connectivity index (χ3n) is 16.8. The molecular formula is C77H118N12O12. The van der Waals surface area contributed by atoms with Gasteiger partial charge in [-0.25, -0.2) is 0 Å². The smallest absolute Gasteiger partial charge is 0.272 e. The summed E-state index contributed by atoms with van der Waals surface area (Å²) in [5, 5.41) is 31.5. The van der Waals surface area contributed by atoms with E-state index in [9.17, 15) is 28.8 Å². The minimum absolute atomic E-state index is 0.0213. The zero-order chi connectivity index (χ0) is 75.2. The molecule has 0 aliphatic heterocycles. The Balaban J connectivity index is 0.000000321. The number of methoxy groups -OCH3 is 6. The molecule has 0 radical (unpaired) electrons. The quantitative estimate of drug-likeness (QED) is 0.0211. The molecule has 3 heterocycles. The van der Waals surface area contributed by atoms with Crippen molar-refractivity contribution in [3.63, 3.8) is 0 Å². The summed E-state index contributed by atoms with van der Waals surface area (Å²) in [5.74, 6) is 4.64. The summed E-state index contributed by atoms with van der Waals surface area (Å²) < 4.78 is 39.1. The minimum Gasteiger partial charge on any atom is -0.496 e. The van der Waals surface area contributed by atoms with Crippen LogP contribution in [0.2, 0.25) is 0 Å². The largest absolute Gasteiger partial charge is 0.496 e. The van der Waals surface area contributed by atoms with Gasteiger partial charge in [-0.15, -0.1) is 0 Å². The second kappa shape index (κ2) is 42.2. The van der Waals surface area contributed by atoms with Crippen LogP contribution in [-0.4, -0.2) is 145 Å². The second-order valence-corrected chi connectivity index (χ2v) is 27.4. The summed E-state index contributed by atoms with van der Waals surface area (Å²) >= 11 is 0. The van der Waals surface area contributed by atoms with Gasteiger partial charge in [-0.05, 0) is 137 Å². The zero-order valence-corrected chi connectivity index (χ0v) is 64.3. The molecule has 6 rings (SSSR count). The molecule has 24 nitrogen and oxygen atoms in total. The summed E-state index contributed by atoms with van der Waals surface area (Å²) in [4.78, 5) is 76.3. The van der Waals surface area contributed by atoms with Crippen molar-refractivity contribution < 1.29 is 57.2 Å². The lowest BCUT2D eigenvalue weighted by Crippen LogP contribution is -2.40. The highest BCUT2D eigenvalue weighted by molar-refractivity contribution is 5.96. The van der Waals surface area contributed by atoms with Crippen molar-refractivity contribution in [3.8, 4) is 68.3 Å². The van der Waals surface area contributed by atoms with Gasteiger partial charge in [-0.2, -0.15) is 15.3 Å². The Hall–Kier alpha value is -9.09. The van der Waals surface area contributed by atoms with Crippen molar-refractivity contribution in [2.45, 2.75) is 193 Å². The molecule has 5 atom stereocenters. The molecule has 101 heavy (non-hydrogen) atoms. The van der Waals surface area contributed by atoms with Crippen LogP contribution in [0.4, 0.5) is 0 Å². The lowest BCUT2D eigenvalue weighted by atomic mass is 10.0. The van der Waals surface area contributed by atoms with E-state index in [0.717, 1.165) is 40.2 Å². The van der Waals surface area contributed by atoms with Crippen LogP contribution in [0, 0.1) is 35.5 Å². The molecule has 6 N–H and O–H groups in total. The molecule has 24 heteroatoms. The maximum atomic E-state index is 13.3. The van der Waals surface area contributed by atoms with Crippen molar-refractivity contribution in [2.75, 3.05) is 62.3 Å². The van der Waals surface area contributed by atoms with Gasteiger partial charge in [0, 0.05) is 70.1 Å². The summed E-state index contributed by atoms with van der Waals surface area (Å²) in [5.41, 5.74) is 5.37. The third-order valence-corrected chi connectivity index (χ3v) is 16.8. The van der Waals surface area contributed by atoms with E-state index in [0.29, 0.717) is 133 Å². The van der Waals surface area contributed by atoms with Crippen molar-refractivity contribution in [3.05, 3.63) is 89.9 Å². The van der Waals surface area contributed by atoms with Crippen LogP contribution in [0.15, 0.2) is 72.8 Å². The van der Waals surface area contributed by atoms with Gasteiger partial charge >= 0.3 is 0 Å².